The van der Waals surface area contributed by atoms with Crippen molar-refractivity contribution < 1.29 is 4.39 Å². The highest BCUT2D eigenvalue weighted by Crippen LogP contribution is 2.32. The highest BCUT2D eigenvalue weighted by molar-refractivity contribution is 9.10. The summed E-state index contributed by atoms with van der Waals surface area (Å²) < 4.78 is 13.8. The quantitative estimate of drug-likeness (QED) is 0.883. The molecule has 1 aromatic rings. The van der Waals surface area contributed by atoms with Gasteiger partial charge in [0.25, 0.3) is 0 Å². The van der Waals surface area contributed by atoms with Gasteiger partial charge in [-0.1, -0.05) is 13.0 Å². The number of hydrogen-bond donors (Lipinski definition) is 1. The summed E-state index contributed by atoms with van der Waals surface area (Å²) in [4.78, 5) is 0. The summed E-state index contributed by atoms with van der Waals surface area (Å²) in [7, 11) is 2.05. The Balaban J connectivity index is 2.08. The van der Waals surface area contributed by atoms with E-state index in [-0.39, 0.29) is 5.82 Å². The molecule has 0 spiro atoms. The number of rotatable bonds is 3. The van der Waals surface area contributed by atoms with Crippen LogP contribution in [0.2, 0.25) is 0 Å². The lowest BCUT2D eigenvalue weighted by atomic mass is 9.76. The van der Waals surface area contributed by atoms with Crippen molar-refractivity contribution in [3.8, 4) is 0 Å². The molecule has 0 aliphatic heterocycles. The van der Waals surface area contributed by atoms with Crippen LogP contribution in [-0.2, 0) is 6.42 Å². The van der Waals surface area contributed by atoms with Crippen molar-refractivity contribution in [1.29, 1.82) is 0 Å². The Morgan fingerprint density at radius 2 is 2.17 bits per heavy atom. The fourth-order valence-corrected chi connectivity index (χ4v) is 3.50. The molecule has 1 aromatic carbocycles. The molecule has 1 aliphatic carbocycles. The third-order valence-electron chi connectivity index (χ3n) is 4.10. The molecule has 0 aromatic heterocycles. The van der Waals surface area contributed by atoms with E-state index in [1.807, 2.05) is 19.2 Å². The molecule has 2 rings (SSSR count). The highest BCUT2D eigenvalue weighted by atomic mass is 79.9. The van der Waals surface area contributed by atoms with Crippen molar-refractivity contribution in [3.05, 3.63) is 34.1 Å². The molecule has 3 heteroatoms. The maximum atomic E-state index is 13.2. The summed E-state index contributed by atoms with van der Waals surface area (Å²) in [6, 6.07) is 5.98. The van der Waals surface area contributed by atoms with Crippen LogP contribution >= 0.6 is 15.9 Å². The molecule has 0 radical (unpaired) electrons. The average Bonchev–Trinajstić information content (AvgIpc) is 2.34. The molecule has 1 N–H and O–H groups in total. The number of nitrogens with one attached hydrogen (secondary N) is 1. The molecule has 18 heavy (non-hydrogen) atoms. The van der Waals surface area contributed by atoms with Gasteiger partial charge >= 0.3 is 0 Å². The van der Waals surface area contributed by atoms with Gasteiger partial charge in [-0.2, -0.15) is 0 Å². The van der Waals surface area contributed by atoms with E-state index in [9.17, 15) is 4.39 Å². The van der Waals surface area contributed by atoms with Crippen LogP contribution in [0.1, 0.15) is 31.7 Å². The van der Waals surface area contributed by atoms with Crippen LogP contribution < -0.4 is 5.32 Å². The predicted octanol–water partition coefficient (Wildman–Crippen LogP) is 4.15. The van der Waals surface area contributed by atoms with Crippen molar-refractivity contribution in [1.82, 2.24) is 5.32 Å². The van der Waals surface area contributed by atoms with Gasteiger partial charge in [-0.05, 0) is 78.2 Å². The molecular weight excluding hydrogens is 293 g/mol. The molecule has 1 saturated carbocycles. The van der Waals surface area contributed by atoms with E-state index in [0.29, 0.717) is 16.4 Å². The SMILES string of the molecule is CNC1CCC(C)CC1Cc1ccc(F)c(Br)c1. The lowest BCUT2D eigenvalue weighted by Gasteiger charge is -2.35. The summed E-state index contributed by atoms with van der Waals surface area (Å²) in [5.74, 6) is 1.29. The molecule has 0 saturated heterocycles. The van der Waals surface area contributed by atoms with Crippen molar-refractivity contribution in [2.45, 2.75) is 38.6 Å². The monoisotopic (exact) mass is 313 g/mol. The van der Waals surface area contributed by atoms with E-state index in [1.165, 1.54) is 24.8 Å². The van der Waals surface area contributed by atoms with Gasteiger partial charge < -0.3 is 5.32 Å². The zero-order valence-corrected chi connectivity index (χ0v) is 12.6. The number of hydrogen-bond acceptors (Lipinski definition) is 1. The molecule has 1 nitrogen and oxygen atoms in total. The molecule has 3 unspecified atom stereocenters. The summed E-state index contributed by atoms with van der Waals surface area (Å²) in [5.41, 5.74) is 1.22. The third kappa shape index (κ3) is 3.33. The predicted molar refractivity (Wildman–Crippen MR) is 77.2 cm³/mol. The fraction of sp³-hybridized carbons (Fsp3) is 0.600. The van der Waals surface area contributed by atoms with Crippen molar-refractivity contribution in [3.63, 3.8) is 0 Å². The molecule has 0 heterocycles. The zero-order valence-electron chi connectivity index (χ0n) is 11.0. The number of halogens is 2. The second-order valence-corrected chi connectivity index (χ2v) is 6.38. The van der Waals surface area contributed by atoms with Crippen LogP contribution in [0, 0.1) is 17.7 Å². The van der Waals surface area contributed by atoms with Crippen LogP contribution in [0.4, 0.5) is 4.39 Å². The summed E-state index contributed by atoms with van der Waals surface area (Å²) >= 11 is 3.26. The first kappa shape index (κ1) is 14.0. The highest BCUT2D eigenvalue weighted by Gasteiger charge is 2.27. The van der Waals surface area contributed by atoms with Crippen molar-refractivity contribution >= 4 is 15.9 Å². The summed E-state index contributed by atoms with van der Waals surface area (Å²) in [6.45, 7) is 2.33. The molecule has 1 fully saturated rings. The second-order valence-electron chi connectivity index (χ2n) is 5.53. The minimum Gasteiger partial charge on any atom is -0.317 e. The van der Waals surface area contributed by atoms with E-state index in [4.69, 9.17) is 0 Å². The topological polar surface area (TPSA) is 12.0 Å². The average molecular weight is 314 g/mol. The van der Waals surface area contributed by atoms with Gasteiger partial charge in [0.05, 0.1) is 4.47 Å². The Kier molecular flexibility index (Phi) is 4.79. The minimum atomic E-state index is -0.180. The molecule has 100 valence electrons. The van der Waals surface area contributed by atoms with Crippen LogP contribution in [0.5, 0.6) is 0 Å². The van der Waals surface area contributed by atoms with E-state index >= 15 is 0 Å². The first-order valence-electron chi connectivity index (χ1n) is 6.71. The van der Waals surface area contributed by atoms with E-state index in [1.54, 1.807) is 6.07 Å². The van der Waals surface area contributed by atoms with Gasteiger partial charge in [-0.3, -0.25) is 0 Å². The fourth-order valence-electron chi connectivity index (χ4n) is 3.07. The van der Waals surface area contributed by atoms with Crippen molar-refractivity contribution in [2.24, 2.45) is 11.8 Å². The molecule has 0 amide bonds. The van der Waals surface area contributed by atoms with Gasteiger partial charge in [-0.15, -0.1) is 0 Å². The maximum absolute atomic E-state index is 13.2. The maximum Gasteiger partial charge on any atom is 0.137 e. The lowest BCUT2D eigenvalue weighted by molar-refractivity contribution is 0.220. The van der Waals surface area contributed by atoms with Gasteiger partial charge in [0, 0.05) is 6.04 Å². The van der Waals surface area contributed by atoms with E-state index in [0.717, 1.165) is 12.3 Å². The molecule has 1 aliphatic rings. The Bertz CT molecular complexity index is 407. The second kappa shape index (κ2) is 6.16. The largest absolute Gasteiger partial charge is 0.317 e. The van der Waals surface area contributed by atoms with Crippen LogP contribution in [0.15, 0.2) is 22.7 Å². The molecule has 3 atom stereocenters. The summed E-state index contributed by atoms with van der Waals surface area (Å²) in [6.07, 6.45) is 4.87. The van der Waals surface area contributed by atoms with Crippen LogP contribution in [0.25, 0.3) is 0 Å². The van der Waals surface area contributed by atoms with Gasteiger partial charge in [0.2, 0.25) is 0 Å². The lowest BCUT2D eigenvalue weighted by Crippen LogP contribution is -2.39. The third-order valence-corrected chi connectivity index (χ3v) is 4.71. The molecular formula is C15H21BrFN. The standard InChI is InChI=1S/C15H21BrFN/c1-10-3-6-15(18-2)12(7-10)8-11-4-5-14(17)13(16)9-11/h4-5,9-10,12,15,18H,3,6-8H2,1-2H3. The zero-order chi connectivity index (χ0) is 13.1. The normalized spacial score (nSPS) is 28.3. The van der Waals surface area contributed by atoms with Gasteiger partial charge in [0.1, 0.15) is 5.82 Å². The van der Waals surface area contributed by atoms with Gasteiger partial charge in [0.15, 0.2) is 0 Å². The smallest absolute Gasteiger partial charge is 0.137 e. The van der Waals surface area contributed by atoms with Gasteiger partial charge in [-0.25, -0.2) is 4.39 Å². The molecule has 0 bridgehead atoms. The van der Waals surface area contributed by atoms with Crippen LogP contribution in [0.3, 0.4) is 0 Å². The first-order chi connectivity index (χ1) is 8.60. The van der Waals surface area contributed by atoms with E-state index < -0.39 is 0 Å². The Morgan fingerprint density at radius 1 is 1.39 bits per heavy atom. The van der Waals surface area contributed by atoms with Crippen molar-refractivity contribution in [2.75, 3.05) is 7.05 Å². The Labute approximate surface area is 117 Å². The van der Waals surface area contributed by atoms with Crippen LogP contribution in [-0.4, -0.2) is 13.1 Å². The minimum absolute atomic E-state index is 0.180. The van der Waals surface area contributed by atoms with E-state index in [2.05, 4.69) is 28.2 Å². The Hall–Kier alpha value is -0.410. The Morgan fingerprint density at radius 3 is 2.83 bits per heavy atom. The first-order valence-corrected chi connectivity index (χ1v) is 7.50. The summed E-state index contributed by atoms with van der Waals surface area (Å²) in [5, 5.41) is 3.43. The number of benzene rings is 1.